The van der Waals surface area contributed by atoms with Crippen molar-refractivity contribution in [2.24, 2.45) is 5.92 Å². The third-order valence-electron chi connectivity index (χ3n) is 3.38. The Bertz CT molecular complexity index is 573. The van der Waals surface area contributed by atoms with Crippen molar-refractivity contribution in [3.63, 3.8) is 0 Å². The van der Waals surface area contributed by atoms with E-state index in [0.717, 1.165) is 13.1 Å². The molecule has 0 saturated heterocycles. The van der Waals surface area contributed by atoms with Gasteiger partial charge in [-0.3, -0.25) is 0 Å². The van der Waals surface area contributed by atoms with Gasteiger partial charge >= 0.3 is 0 Å². The summed E-state index contributed by atoms with van der Waals surface area (Å²) in [4.78, 5) is 2.65. The fraction of sp³-hybridized carbons (Fsp3) is 0.368. The van der Waals surface area contributed by atoms with Crippen LogP contribution in [0.1, 0.15) is 30.5 Å². The second-order valence-electron chi connectivity index (χ2n) is 6.04. The summed E-state index contributed by atoms with van der Waals surface area (Å²) in [5.74, 6) is 0.698. The second kappa shape index (κ2) is 7.67. The van der Waals surface area contributed by atoms with E-state index < -0.39 is 0 Å². The van der Waals surface area contributed by atoms with E-state index in [4.69, 9.17) is 0 Å². The van der Waals surface area contributed by atoms with Gasteiger partial charge in [0.25, 0.3) is 0 Å². The summed E-state index contributed by atoms with van der Waals surface area (Å²) in [6.45, 7) is 10.8. The van der Waals surface area contributed by atoms with Gasteiger partial charge in [-0.25, -0.2) is 0 Å². The lowest BCUT2D eigenvalue weighted by molar-refractivity contribution is 0.552. The molecule has 0 atom stereocenters. The molecule has 0 saturated carbocycles. The van der Waals surface area contributed by atoms with Crippen LogP contribution in [0.4, 0.5) is 0 Å². The van der Waals surface area contributed by atoms with Crippen molar-refractivity contribution in [1.82, 2.24) is 5.32 Å². The zero-order chi connectivity index (χ0) is 15.2. The molecule has 0 aliphatic rings. The van der Waals surface area contributed by atoms with E-state index in [1.807, 2.05) is 11.8 Å². The summed E-state index contributed by atoms with van der Waals surface area (Å²) < 4.78 is 0. The Morgan fingerprint density at radius 2 is 1.71 bits per heavy atom. The number of hydrogen-bond acceptors (Lipinski definition) is 2. The highest BCUT2D eigenvalue weighted by molar-refractivity contribution is 7.99. The number of rotatable bonds is 6. The molecule has 0 unspecified atom stereocenters. The quantitative estimate of drug-likeness (QED) is 0.786. The molecule has 2 aromatic rings. The van der Waals surface area contributed by atoms with Crippen molar-refractivity contribution in [1.29, 1.82) is 0 Å². The lowest BCUT2D eigenvalue weighted by atomic mass is 10.2. The third-order valence-corrected chi connectivity index (χ3v) is 4.54. The highest BCUT2D eigenvalue weighted by Crippen LogP contribution is 2.31. The van der Waals surface area contributed by atoms with Crippen molar-refractivity contribution in [2.45, 2.75) is 44.0 Å². The molecule has 1 nitrogen and oxygen atoms in total. The van der Waals surface area contributed by atoms with Gasteiger partial charge in [0.05, 0.1) is 0 Å². The molecule has 0 bridgehead atoms. The molecule has 0 aliphatic heterocycles. The van der Waals surface area contributed by atoms with Crippen molar-refractivity contribution in [3.8, 4) is 0 Å². The number of nitrogens with one attached hydrogen (secondary N) is 1. The highest BCUT2D eigenvalue weighted by atomic mass is 32.2. The molecule has 1 N–H and O–H groups in total. The molecule has 112 valence electrons. The molecular weight excluding hydrogens is 274 g/mol. The molecule has 21 heavy (non-hydrogen) atoms. The summed E-state index contributed by atoms with van der Waals surface area (Å²) in [6, 6.07) is 15.5. The van der Waals surface area contributed by atoms with Crippen molar-refractivity contribution in [3.05, 3.63) is 59.2 Å². The Balaban J connectivity index is 1.97. The van der Waals surface area contributed by atoms with E-state index in [1.54, 1.807) is 0 Å². The zero-order valence-corrected chi connectivity index (χ0v) is 14.3. The Morgan fingerprint density at radius 1 is 1.00 bits per heavy atom. The molecule has 0 aromatic heterocycles. The van der Waals surface area contributed by atoms with Crippen LogP contribution in [0.25, 0.3) is 0 Å². The van der Waals surface area contributed by atoms with E-state index in [2.05, 4.69) is 75.5 Å². The summed E-state index contributed by atoms with van der Waals surface area (Å²) in [6.07, 6.45) is 0. The van der Waals surface area contributed by atoms with Gasteiger partial charge in [0.2, 0.25) is 0 Å². The van der Waals surface area contributed by atoms with Gasteiger partial charge in [0.15, 0.2) is 0 Å². The van der Waals surface area contributed by atoms with Gasteiger partial charge in [0.1, 0.15) is 0 Å². The lowest BCUT2D eigenvalue weighted by Gasteiger charge is -2.09. The predicted octanol–water partition coefficient (Wildman–Crippen LogP) is 5.20. The maximum atomic E-state index is 3.48. The topological polar surface area (TPSA) is 12.0 Å². The smallest absolute Gasteiger partial charge is 0.0205 e. The molecule has 0 fully saturated rings. The molecule has 0 aliphatic carbocycles. The molecule has 2 heteroatoms. The van der Waals surface area contributed by atoms with Gasteiger partial charge in [-0.05, 0) is 61.2 Å². The molecule has 0 amide bonds. The summed E-state index contributed by atoms with van der Waals surface area (Å²) in [5, 5.41) is 3.48. The Kier molecular flexibility index (Phi) is 5.89. The maximum Gasteiger partial charge on any atom is 0.0205 e. The normalized spacial score (nSPS) is 11.1. The molecule has 0 heterocycles. The van der Waals surface area contributed by atoms with Crippen LogP contribution >= 0.6 is 11.8 Å². The highest BCUT2D eigenvalue weighted by Gasteiger charge is 2.02. The van der Waals surface area contributed by atoms with Crippen LogP contribution in [0.15, 0.2) is 52.3 Å². The monoisotopic (exact) mass is 299 g/mol. The first-order valence-corrected chi connectivity index (χ1v) is 8.41. The Hall–Kier alpha value is -1.25. The van der Waals surface area contributed by atoms with Gasteiger partial charge in [-0.1, -0.05) is 49.9 Å². The molecule has 2 rings (SSSR count). The van der Waals surface area contributed by atoms with E-state index >= 15 is 0 Å². The fourth-order valence-electron chi connectivity index (χ4n) is 2.12. The van der Waals surface area contributed by atoms with E-state index in [-0.39, 0.29) is 0 Å². The van der Waals surface area contributed by atoms with Crippen molar-refractivity contribution >= 4 is 11.8 Å². The molecule has 0 spiro atoms. The second-order valence-corrected chi connectivity index (χ2v) is 7.16. The van der Waals surface area contributed by atoms with Gasteiger partial charge in [0, 0.05) is 16.3 Å². The molecule has 2 aromatic carbocycles. The summed E-state index contributed by atoms with van der Waals surface area (Å²) >= 11 is 1.85. The van der Waals surface area contributed by atoms with Gasteiger partial charge in [-0.15, -0.1) is 0 Å². The Morgan fingerprint density at radius 3 is 2.38 bits per heavy atom. The fourth-order valence-corrected chi connectivity index (χ4v) is 3.12. The average molecular weight is 299 g/mol. The maximum absolute atomic E-state index is 3.48. The SMILES string of the molecule is Cc1ccc(C)c(Sc2ccc(CNCC(C)C)cc2)c1. The lowest BCUT2D eigenvalue weighted by Crippen LogP contribution is -2.18. The van der Waals surface area contributed by atoms with Gasteiger partial charge < -0.3 is 5.32 Å². The van der Waals surface area contributed by atoms with E-state index in [0.29, 0.717) is 5.92 Å². The zero-order valence-electron chi connectivity index (χ0n) is 13.4. The average Bonchev–Trinajstić information content (AvgIpc) is 2.44. The predicted molar refractivity (Wildman–Crippen MR) is 93.0 cm³/mol. The number of hydrogen-bond donors (Lipinski definition) is 1. The van der Waals surface area contributed by atoms with Crippen LogP contribution in [0, 0.1) is 19.8 Å². The van der Waals surface area contributed by atoms with E-state index in [1.165, 1.54) is 26.5 Å². The first-order chi connectivity index (χ1) is 10.0. The van der Waals surface area contributed by atoms with Crippen LogP contribution in [-0.4, -0.2) is 6.54 Å². The molecule has 0 radical (unpaired) electrons. The van der Waals surface area contributed by atoms with Crippen molar-refractivity contribution in [2.75, 3.05) is 6.54 Å². The van der Waals surface area contributed by atoms with Crippen LogP contribution < -0.4 is 5.32 Å². The minimum atomic E-state index is 0.698. The van der Waals surface area contributed by atoms with Crippen LogP contribution in [0.5, 0.6) is 0 Å². The summed E-state index contributed by atoms with van der Waals surface area (Å²) in [5.41, 5.74) is 4.01. The van der Waals surface area contributed by atoms with Gasteiger partial charge in [-0.2, -0.15) is 0 Å². The largest absolute Gasteiger partial charge is 0.312 e. The first kappa shape index (κ1) is 16.1. The van der Waals surface area contributed by atoms with Crippen LogP contribution in [0.2, 0.25) is 0 Å². The number of benzene rings is 2. The minimum absolute atomic E-state index is 0.698. The molecular formula is C19H25NS. The first-order valence-electron chi connectivity index (χ1n) is 7.59. The van der Waals surface area contributed by atoms with Crippen molar-refractivity contribution < 1.29 is 0 Å². The standard InChI is InChI=1S/C19H25NS/c1-14(2)12-20-13-17-7-9-18(10-8-17)21-19-11-15(3)5-6-16(19)4/h5-11,14,20H,12-13H2,1-4H3. The van der Waals surface area contributed by atoms with Crippen LogP contribution in [0.3, 0.4) is 0 Å². The van der Waals surface area contributed by atoms with Crippen LogP contribution in [-0.2, 0) is 6.54 Å². The number of aryl methyl sites for hydroxylation is 2. The minimum Gasteiger partial charge on any atom is -0.312 e. The Labute approximate surface area is 133 Å². The van der Waals surface area contributed by atoms with E-state index in [9.17, 15) is 0 Å². The summed E-state index contributed by atoms with van der Waals surface area (Å²) in [7, 11) is 0. The third kappa shape index (κ3) is 5.22.